The van der Waals surface area contributed by atoms with Crippen LogP contribution in [0, 0.1) is 0 Å². The molecule has 0 aliphatic carbocycles. The lowest BCUT2D eigenvalue weighted by molar-refractivity contribution is -0.127. The summed E-state index contributed by atoms with van der Waals surface area (Å²) in [5.41, 5.74) is 6.48. The van der Waals surface area contributed by atoms with Gasteiger partial charge in [-0.05, 0) is 63.5 Å². The molecule has 2 aromatic heterocycles. The van der Waals surface area contributed by atoms with Gasteiger partial charge in [0.25, 0.3) is 0 Å². The molecular formula is C44H50Cl2N6O4. The molecular weight excluding hydrogens is 747 g/mol. The molecule has 0 unspecified atom stereocenters. The Morgan fingerprint density at radius 1 is 0.589 bits per heavy atom. The maximum Gasteiger partial charge on any atom is 0.220 e. The van der Waals surface area contributed by atoms with Crippen LogP contribution in [0.4, 0.5) is 0 Å². The number of benzene rings is 2. The van der Waals surface area contributed by atoms with Crippen LogP contribution in [0.2, 0.25) is 10.0 Å². The summed E-state index contributed by atoms with van der Waals surface area (Å²) in [4.78, 5) is 38.9. The molecule has 2 N–H and O–H groups in total. The summed E-state index contributed by atoms with van der Waals surface area (Å²) in [5, 5.41) is 7.66. The van der Waals surface area contributed by atoms with Crippen molar-refractivity contribution in [2.75, 3.05) is 40.4 Å². The number of aromatic nitrogens is 2. The van der Waals surface area contributed by atoms with Crippen molar-refractivity contribution in [3.63, 3.8) is 0 Å². The number of hydrogen-bond acceptors (Lipinski definition) is 8. The Kier molecular flexibility index (Phi) is 11.3. The van der Waals surface area contributed by atoms with Crippen molar-refractivity contribution in [3.8, 4) is 45.4 Å². The maximum absolute atomic E-state index is 12.1. The molecule has 4 fully saturated rings. The minimum Gasteiger partial charge on any atom is -0.481 e. The standard InChI is InChI=1S/C44H50Cl2N6O4/c1-55-41-29(27-51-23-19-43(20-24-51)17-5-11-37(53)49-43)13-15-35(47-41)33-9-3-7-31(39(33)45)32-8-4-10-34(40(32)46)36-16-14-30(42(48-36)56-2)28-52-25-21-44(22-26-52)18-6-12-38(54)50-44/h3-4,7-10,13-16H,5-6,11-12,17-28H2,1-2H3,(H,49,53)(H,50,54). The Morgan fingerprint density at radius 3 is 1.36 bits per heavy atom. The number of hydrogen-bond donors (Lipinski definition) is 2. The van der Waals surface area contributed by atoms with E-state index in [9.17, 15) is 9.59 Å². The summed E-state index contributed by atoms with van der Waals surface area (Å²) < 4.78 is 11.6. The van der Waals surface area contributed by atoms with Gasteiger partial charge in [0.2, 0.25) is 23.6 Å². The number of methoxy groups -OCH3 is 2. The minimum absolute atomic E-state index is 0.0500. The molecule has 0 saturated carbocycles. The first-order valence-electron chi connectivity index (χ1n) is 19.9. The zero-order valence-electron chi connectivity index (χ0n) is 32.3. The van der Waals surface area contributed by atoms with E-state index in [0.717, 1.165) is 124 Å². The Hall–Kier alpha value is -4.22. The smallest absolute Gasteiger partial charge is 0.220 e. The quantitative estimate of drug-likeness (QED) is 0.175. The molecule has 8 rings (SSSR count). The van der Waals surface area contributed by atoms with E-state index in [4.69, 9.17) is 42.6 Å². The third kappa shape index (κ3) is 7.99. The Bertz CT molecular complexity index is 1960. The number of pyridine rings is 2. The van der Waals surface area contributed by atoms with Crippen LogP contribution < -0.4 is 20.1 Å². The SMILES string of the molecule is COc1nc(-c2cccc(-c3cccc(-c4ccc(CN5CCC6(CCCC(=O)N6)CC5)c(OC)n4)c3Cl)c2Cl)ccc1CN1CCC2(CCCC(=O)N2)CC1. The van der Waals surface area contributed by atoms with Crippen LogP contribution in [0.1, 0.15) is 75.3 Å². The predicted octanol–water partition coefficient (Wildman–Crippen LogP) is 8.07. The zero-order valence-corrected chi connectivity index (χ0v) is 33.8. The van der Waals surface area contributed by atoms with Gasteiger partial charge in [-0.15, -0.1) is 0 Å². The molecule has 6 heterocycles. The van der Waals surface area contributed by atoms with Gasteiger partial charge in [0.05, 0.1) is 35.7 Å². The number of ether oxygens (including phenoxy) is 2. The summed E-state index contributed by atoms with van der Waals surface area (Å²) in [6.07, 6.45) is 9.16. The number of piperidine rings is 4. The van der Waals surface area contributed by atoms with E-state index in [-0.39, 0.29) is 22.9 Å². The van der Waals surface area contributed by atoms with Crippen LogP contribution in [0.25, 0.3) is 33.6 Å². The van der Waals surface area contributed by atoms with E-state index in [1.165, 1.54) is 0 Å². The molecule has 0 radical (unpaired) electrons. The van der Waals surface area contributed by atoms with Gasteiger partial charge in [-0.3, -0.25) is 19.4 Å². The third-order valence-corrected chi connectivity index (χ3v) is 13.3. The molecule has 294 valence electrons. The molecule has 2 aromatic carbocycles. The number of nitrogens with zero attached hydrogens (tertiary/aromatic N) is 4. The Balaban J connectivity index is 0.978. The average molecular weight is 798 g/mol. The number of halogens is 2. The molecule has 0 bridgehead atoms. The first kappa shape index (κ1) is 38.6. The van der Waals surface area contributed by atoms with Gasteiger partial charge in [0.15, 0.2) is 0 Å². The van der Waals surface area contributed by atoms with Crippen LogP contribution >= 0.6 is 23.2 Å². The number of carbonyl (C=O) groups excluding carboxylic acids is 2. The van der Waals surface area contributed by atoms with E-state index >= 15 is 0 Å². The number of carbonyl (C=O) groups is 2. The molecule has 10 nitrogen and oxygen atoms in total. The lowest BCUT2D eigenvalue weighted by atomic mass is 9.80. The first-order chi connectivity index (χ1) is 27.2. The van der Waals surface area contributed by atoms with Crippen molar-refractivity contribution in [1.82, 2.24) is 30.4 Å². The molecule has 0 atom stereocenters. The van der Waals surface area contributed by atoms with E-state index in [2.05, 4.69) is 32.6 Å². The van der Waals surface area contributed by atoms with Crippen molar-refractivity contribution in [2.24, 2.45) is 0 Å². The van der Waals surface area contributed by atoms with E-state index < -0.39 is 0 Å². The van der Waals surface area contributed by atoms with Crippen molar-refractivity contribution >= 4 is 35.0 Å². The zero-order chi connectivity index (χ0) is 38.9. The van der Waals surface area contributed by atoms with Gasteiger partial charge in [-0.25, -0.2) is 9.97 Å². The van der Waals surface area contributed by atoms with Crippen molar-refractivity contribution in [2.45, 2.75) is 88.4 Å². The van der Waals surface area contributed by atoms with Crippen LogP contribution in [-0.2, 0) is 22.7 Å². The molecule has 4 aliphatic heterocycles. The highest BCUT2D eigenvalue weighted by molar-refractivity contribution is 6.39. The highest BCUT2D eigenvalue weighted by atomic mass is 35.5. The topological polar surface area (TPSA) is 109 Å². The molecule has 2 amide bonds. The number of nitrogens with one attached hydrogen (secondary N) is 2. The molecule has 4 aromatic rings. The first-order valence-corrected chi connectivity index (χ1v) is 20.7. The fourth-order valence-electron chi connectivity index (χ4n) is 9.23. The highest BCUT2D eigenvalue weighted by Gasteiger charge is 2.39. The van der Waals surface area contributed by atoms with Gasteiger partial charge in [0, 0.05) is 96.6 Å². The van der Waals surface area contributed by atoms with Gasteiger partial charge < -0.3 is 20.1 Å². The predicted molar refractivity (Wildman–Crippen MR) is 220 cm³/mol. The molecule has 12 heteroatoms. The fraction of sp³-hybridized carbons (Fsp3) is 0.455. The summed E-state index contributed by atoms with van der Waals surface area (Å²) in [5.74, 6) is 1.51. The highest BCUT2D eigenvalue weighted by Crippen LogP contribution is 2.43. The largest absolute Gasteiger partial charge is 0.481 e. The van der Waals surface area contributed by atoms with Crippen molar-refractivity contribution in [1.29, 1.82) is 0 Å². The third-order valence-electron chi connectivity index (χ3n) is 12.4. The fourth-order valence-corrected chi connectivity index (χ4v) is 9.88. The molecule has 4 aliphatic rings. The average Bonchev–Trinajstić information content (AvgIpc) is 3.20. The molecule has 4 saturated heterocycles. The minimum atomic E-state index is -0.0500. The van der Waals surface area contributed by atoms with Crippen molar-refractivity contribution in [3.05, 3.63) is 81.8 Å². The molecule has 56 heavy (non-hydrogen) atoms. The lowest BCUT2D eigenvalue weighted by Gasteiger charge is -2.44. The van der Waals surface area contributed by atoms with Crippen LogP contribution in [0.5, 0.6) is 11.8 Å². The Morgan fingerprint density at radius 2 is 0.982 bits per heavy atom. The van der Waals surface area contributed by atoms with Gasteiger partial charge in [-0.2, -0.15) is 0 Å². The summed E-state index contributed by atoms with van der Waals surface area (Å²) in [7, 11) is 3.30. The second-order valence-corrected chi connectivity index (χ2v) is 16.7. The molecule has 2 spiro atoms. The van der Waals surface area contributed by atoms with Gasteiger partial charge in [0.1, 0.15) is 0 Å². The van der Waals surface area contributed by atoms with E-state index in [1.807, 2.05) is 48.5 Å². The lowest BCUT2D eigenvalue weighted by Crippen LogP contribution is -2.57. The van der Waals surface area contributed by atoms with E-state index in [0.29, 0.717) is 46.0 Å². The van der Waals surface area contributed by atoms with Crippen LogP contribution in [0.15, 0.2) is 60.7 Å². The van der Waals surface area contributed by atoms with Crippen LogP contribution in [-0.4, -0.2) is 83.1 Å². The summed E-state index contributed by atoms with van der Waals surface area (Å²) in [6.45, 7) is 5.08. The summed E-state index contributed by atoms with van der Waals surface area (Å²) >= 11 is 14.4. The van der Waals surface area contributed by atoms with Gasteiger partial charge >= 0.3 is 0 Å². The number of likely N-dealkylation sites (tertiary alicyclic amines) is 2. The monoisotopic (exact) mass is 796 g/mol. The normalized spacial score (nSPS) is 19.8. The maximum atomic E-state index is 12.1. The number of amides is 2. The van der Waals surface area contributed by atoms with Crippen molar-refractivity contribution < 1.29 is 19.1 Å². The Labute approximate surface area is 339 Å². The number of rotatable bonds is 9. The second kappa shape index (κ2) is 16.3. The van der Waals surface area contributed by atoms with Gasteiger partial charge in [-0.1, -0.05) is 71.7 Å². The second-order valence-electron chi connectivity index (χ2n) is 16.0. The van der Waals surface area contributed by atoms with Crippen LogP contribution in [0.3, 0.4) is 0 Å². The van der Waals surface area contributed by atoms with E-state index in [1.54, 1.807) is 14.2 Å². The summed E-state index contributed by atoms with van der Waals surface area (Å²) in [6, 6.07) is 20.0.